The van der Waals surface area contributed by atoms with Crippen LogP contribution >= 0.6 is 0 Å². The Labute approximate surface area is 145 Å². The van der Waals surface area contributed by atoms with Crippen LogP contribution < -0.4 is 4.74 Å². The molecule has 6 nitrogen and oxygen atoms in total. The molecule has 0 bridgehead atoms. The first-order valence-corrected chi connectivity index (χ1v) is 7.97. The standard InChI is InChI=1S/C19H17NO5/c21-17-10-5-11-20(17)18(22)13-24-19(23)14-6-4-9-16(12-14)25-15-7-2-1-3-8-15/h1-4,6-9,12H,5,10-11,13H2. The number of amides is 2. The summed E-state index contributed by atoms with van der Waals surface area (Å²) in [4.78, 5) is 36.6. The van der Waals surface area contributed by atoms with Crippen molar-refractivity contribution < 1.29 is 23.9 Å². The number of ether oxygens (including phenoxy) is 2. The van der Waals surface area contributed by atoms with Gasteiger partial charge in [0.15, 0.2) is 6.61 Å². The Morgan fingerprint density at radius 3 is 2.48 bits per heavy atom. The van der Waals surface area contributed by atoms with E-state index in [9.17, 15) is 14.4 Å². The lowest BCUT2D eigenvalue weighted by atomic mass is 10.2. The Bertz CT molecular complexity index is 787. The van der Waals surface area contributed by atoms with Gasteiger partial charge in [0.2, 0.25) is 5.91 Å². The number of hydrogen-bond donors (Lipinski definition) is 0. The second-order valence-corrected chi connectivity index (χ2v) is 5.56. The molecule has 128 valence electrons. The van der Waals surface area contributed by atoms with E-state index >= 15 is 0 Å². The minimum absolute atomic E-state index is 0.223. The summed E-state index contributed by atoms with van der Waals surface area (Å²) in [5, 5.41) is 0. The van der Waals surface area contributed by atoms with Crippen LogP contribution in [0.1, 0.15) is 23.2 Å². The zero-order valence-electron chi connectivity index (χ0n) is 13.5. The summed E-state index contributed by atoms with van der Waals surface area (Å²) in [6.07, 6.45) is 1.01. The van der Waals surface area contributed by atoms with E-state index in [1.54, 1.807) is 36.4 Å². The fourth-order valence-electron chi connectivity index (χ4n) is 2.51. The molecule has 1 fully saturated rings. The van der Waals surface area contributed by atoms with Crippen molar-refractivity contribution in [3.8, 4) is 11.5 Å². The van der Waals surface area contributed by atoms with Gasteiger partial charge in [-0.3, -0.25) is 14.5 Å². The third-order valence-corrected chi connectivity index (χ3v) is 3.75. The molecule has 0 N–H and O–H groups in total. The summed E-state index contributed by atoms with van der Waals surface area (Å²) < 4.78 is 10.7. The Morgan fingerprint density at radius 1 is 1.00 bits per heavy atom. The summed E-state index contributed by atoms with van der Waals surface area (Å²) in [6, 6.07) is 15.7. The van der Waals surface area contributed by atoms with E-state index < -0.39 is 18.5 Å². The van der Waals surface area contributed by atoms with Gasteiger partial charge in [-0.1, -0.05) is 24.3 Å². The number of esters is 1. The van der Waals surface area contributed by atoms with Gasteiger partial charge >= 0.3 is 5.97 Å². The first-order valence-electron chi connectivity index (χ1n) is 7.97. The van der Waals surface area contributed by atoms with Gasteiger partial charge in [-0.05, 0) is 36.8 Å². The summed E-state index contributed by atoms with van der Waals surface area (Å²) in [7, 11) is 0. The molecular weight excluding hydrogens is 322 g/mol. The van der Waals surface area contributed by atoms with Crippen molar-refractivity contribution in [3.63, 3.8) is 0 Å². The number of imide groups is 1. The van der Waals surface area contributed by atoms with Crippen molar-refractivity contribution in [3.05, 3.63) is 60.2 Å². The molecule has 1 saturated heterocycles. The minimum atomic E-state index is -0.640. The lowest BCUT2D eigenvalue weighted by Gasteiger charge is -2.13. The van der Waals surface area contributed by atoms with Gasteiger partial charge < -0.3 is 9.47 Å². The Morgan fingerprint density at radius 2 is 1.76 bits per heavy atom. The molecule has 1 heterocycles. The molecule has 0 saturated carbocycles. The lowest BCUT2D eigenvalue weighted by molar-refractivity contribution is -0.143. The maximum Gasteiger partial charge on any atom is 0.338 e. The fraction of sp³-hybridized carbons (Fsp3) is 0.211. The van der Waals surface area contributed by atoms with Gasteiger partial charge in [-0.2, -0.15) is 0 Å². The monoisotopic (exact) mass is 339 g/mol. The highest BCUT2D eigenvalue weighted by Crippen LogP contribution is 2.22. The van der Waals surface area contributed by atoms with Crippen LogP contribution in [0.4, 0.5) is 0 Å². The summed E-state index contributed by atoms with van der Waals surface area (Å²) in [5.74, 6) is -0.220. The van der Waals surface area contributed by atoms with Gasteiger partial charge in [-0.15, -0.1) is 0 Å². The van der Waals surface area contributed by atoms with E-state index in [4.69, 9.17) is 9.47 Å². The molecule has 0 radical (unpaired) electrons. The van der Waals surface area contributed by atoms with Crippen molar-refractivity contribution >= 4 is 17.8 Å². The SMILES string of the molecule is O=C(OCC(=O)N1CCCC1=O)c1cccc(Oc2ccccc2)c1. The normalized spacial score (nSPS) is 13.6. The first kappa shape index (κ1) is 16.7. The molecule has 0 unspecified atom stereocenters. The van der Waals surface area contributed by atoms with E-state index in [0.717, 1.165) is 4.90 Å². The molecule has 2 amide bonds. The number of carbonyl (C=O) groups is 3. The maximum absolute atomic E-state index is 12.1. The van der Waals surface area contributed by atoms with Gasteiger partial charge in [-0.25, -0.2) is 4.79 Å². The molecule has 3 rings (SSSR count). The Hall–Kier alpha value is -3.15. The molecule has 0 spiro atoms. The first-order chi connectivity index (χ1) is 12.1. The van der Waals surface area contributed by atoms with Crippen LogP contribution in [-0.2, 0) is 14.3 Å². The van der Waals surface area contributed by atoms with Gasteiger partial charge in [0.1, 0.15) is 11.5 Å². The second-order valence-electron chi connectivity index (χ2n) is 5.56. The minimum Gasteiger partial charge on any atom is -0.457 e. The molecular formula is C19H17NO5. The highest BCUT2D eigenvalue weighted by atomic mass is 16.5. The largest absolute Gasteiger partial charge is 0.457 e. The number of benzene rings is 2. The molecule has 6 heteroatoms. The number of likely N-dealkylation sites (tertiary alicyclic amines) is 1. The van der Waals surface area contributed by atoms with Gasteiger partial charge in [0.05, 0.1) is 5.56 Å². The maximum atomic E-state index is 12.1. The van der Waals surface area contributed by atoms with Crippen molar-refractivity contribution in [2.75, 3.05) is 13.2 Å². The van der Waals surface area contributed by atoms with Crippen LogP contribution in [0, 0.1) is 0 Å². The van der Waals surface area contributed by atoms with Crippen LogP contribution in [0.25, 0.3) is 0 Å². The molecule has 0 aliphatic carbocycles. The van der Waals surface area contributed by atoms with Crippen LogP contribution in [-0.4, -0.2) is 35.8 Å². The van der Waals surface area contributed by atoms with Crippen molar-refractivity contribution in [1.82, 2.24) is 4.90 Å². The number of hydrogen-bond acceptors (Lipinski definition) is 5. The number of rotatable bonds is 5. The average molecular weight is 339 g/mol. The van der Waals surface area contributed by atoms with Gasteiger partial charge in [0.25, 0.3) is 5.91 Å². The Balaban J connectivity index is 1.59. The topological polar surface area (TPSA) is 72.9 Å². The van der Waals surface area contributed by atoms with Crippen molar-refractivity contribution in [2.45, 2.75) is 12.8 Å². The van der Waals surface area contributed by atoms with E-state index in [-0.39, 0.29) is 11.5 Å². The average Bonchev–Trinajstić information content (AvgIpc) is 3.06. The van der Waals surface area contributed by atoms with Crippen LogP contribution in [0.5, 0.6) is 11.5 Å². The van der Waals surface area contributed by atoms with E-state index in [0.29, 0.717) is 30.9 Å². The second kappa shape index (κ2) is 7.61. The number of nitrogens with zero attached hydrogens (tertiary/aromatic N) is 1. The van der Waals surface area contributed by atoms with Crippen LogP contribution in [0.2, 0.25) is 0 Å². The predicted octanol–water partition coefficient (Wildman–Crippen LogP) is 2.78. The van der Waals surface area contributed by atoms with Crippen LogP contribution in [0.15, 0.2) is 54.6 Å². The van der Waals surface area contributed by atoms with E-state index in [1.807, 2.05) is 18.2 Å². The van der Waals surface area contributed by atoms with E-state index in [2.05, 4.69) is 0 Å². The van der Waals surface area contributed by atoms with Gasteiger partial charge in [0, 0.05) is 13.0 Å². The molecule has 0 atom stereocenters. The van der Waals surface area contributed by atoms with Crippen molar-refractivity contribution in [2.24, 2.45) is 0 Å². The third-order valence-electron chi connectivity index (χ3n) is 3.75. The molecule has 25 heavy (non-hydrogen) atoms. The summed E-state index contributed by atoms with van der Waals surface area (Å²) in [5.41, 5.74) is 0.272. The van der Waals surface area contributed by atoms with Crippen LogP contribution in [0.3, 0.4) is 0 Å². The number of para-hydroxylation sites is 1. The third kappa shape index (κ3) is 4.23. The van der Waals surface area contributed by atoms with E-state index in [1.165, 1.54) is 0 Å². The molecule has 0 aromatic heterocycles. The summed E-state index contributed by atoms with van der Waals surface area (Å²) >= 11 is 0. The highest BCUT2D eigenvalue weighted by Gasteiger charge is 2.27. The molecule has 1 aliphatic rings. The quantitative estimate of drug-likeness (QED) is 0.783. The predicted molar refractivity (Wildman–Crippen MR) is 89.2 cm³/mol. The fourth-order valence-corrected chi connectivity index (χ4v) is 2.51. The molecule has 2 aromatic rings. The molecule has 1 aliphatic heterocycles. The Kier molecular flexibility index (Phi) is 5.09. The lowest BCUT2D eigenvalue weighted by Crippen LogP contribution is -2.35. The smallest absolute Gasteiger partial charge is 0.338 e. The zero-order chi connectivity index (χ0) is 17.6. The zero-order valence-corrected chi connectivity index (χ0v) is 13.5. The van der Waals surface area contributed by atoms with Crippen molar-refractivity contribution in [1.29, 1.82) is 0 Å². The highest BCUT2D eigenvalue weighted by molar-refractivity contribution is 5.98. The summed E-state index contributed by atoms with van der Waals surface area (Å²) in [6.45, 7) is -0.0655. The molecule has 2 aromatic carbocycles. The number of carbonyl (C=O) groups excluding carboxylic acids is 3.